The van der Waals surface area contributed by atoms with Crippen molar-refractivity contribution in [2.24, 2.45) is 5.10 Å². The van der Waals surface area contributed by atoms with E-state index in [4.69, 9.17) is 16.3 Å². The Kier molecular flexibility index (Phi) is 7.40. The number of aromatic hydroxyl groups is 1. The van der Waals surface area contributed by atoms with E-state index in [1.54, 1.807) is 13.0 Å². The number of anilines is 1. The highest BCUT2D eigenvalue weighted by atomic mass is 35.5. The smallest absolute Gasteiger partial charge is 0.249 e. The summed E-state index contributed by atoms with van der Waals surface area (Å²) >= 11 is 5.93. The topological polar surface area (TPSA) is 100 Å². The van der Waals surface area contributed by atoms with Gasteiger partial charge in [0, 0.05) is 5.69 Å². The van der Waals surface area contributed by atoms with Gasteiger partial charge in [0.1, 0.15) is 6.42 Å². The standard InChI is InChI=1S/C20H22ClN3O4/c1-4-28-17-9-14(8-15(21)20(17)27)11-22-24-19(26)10-18(25)23-16-6-5-12(2)7-13(16)3/h5-9,11,27H,4,10H2,1-3H3,(H,23,25)(H,24,26)/b22-11+. The quantitative estimate of drug-likeness (QED) is 0.374. The number of nitrogens with zero attached hydrogens (tertiary/aromatic N) is 1. The average Bonchev–Trinajstić information content (AvgIpc) is 2.61. The summed E-state index contributed by atoms with van der Waals surface area (Å²) in [6, 6.07) is 8.63. The number of carbonyl (C=O) groups is 2. The second-order valence-electron chi connectivity index (χ2n) is 6.12. The number of phenolic OH excluding ortho intramolecular Hbond substituents is 1. The lowest BCUT2D eigenvalue weighted by Crippen LogP contribution is -2.24. The fraction of sp³-hybridized carbons (Fsp3) is 0.250. The second kappa shape index (κ2) is 9.75. The van der Waals surface area contributed by atoms with Crippen LogP contribution in [-0.4, -0.2) is 29.7 Å². The lowest BCUT2D eigenvalue weighted by molar-refractivity contribution is -0.126. The predicted molar refractivity (Wildman–Crippen MR) is 109 cm³/mol. The summed E-state index contributed by atoms with van der Waals surface area (Å²) in [5, 5.41) is 16.4. The molecule has 0 heterocycles. The molecule has 7 nitrogen and oxygen atoms in total. The Morgan fingerprint density at radius 1 is 1.21 bits per heavy atom. The van der Waals surface area contributed by atoms with Crippen molar-refractivity contribution in [2.45, 2.75) is 27.2 Å². The minimum Gasteiger partial charge on any atom is -0.503 e. The summed E-state index contributed by atoms with van der Waals surface area (Å²) in [5.41, 5.74) is 5.47. The molecule has 0 spiro atoms. The largest absolute Gasteiger partial charge is 0.503 e. The summed E-state index contributed by atoms with van der Waals surface area (Å²) in [6.45, 7) is 5.98. The summed E-state index contributed by atoms with van der Waals surface area (Å²) in [6.07, 6.45) is 0.971. The third-order valence-corrected chi connectivity index (χ3v) is 4.02. The number of amides is 2. The van der Waals surface area contributed by atoms with E-state index in [0.717, 1.165) is 11.1 Å². The second-order valence-corrected chi connectivity index (χ2v) is 6.53. The van der Waals surface area contributed by atoms with Crippen LogP contribution in [0.25, 0.3) is 0 Å². The Labute approximate surface area is 168 Å². The van der Waals surface area contributed by atoms with Crippen LogP contribution in [-0.2, 0) is 9.59 Å². The number of hydrogen-bond acceptors (Lipinski definition) is 5. The highest BCUT2D eigenvalue weighted by Crippen LogP contribution is 2.34. The zero-order valence-corrected chi connectivity index (χ0v) is 16.6. The van der Waals surface area contributed by atoms with Crippen LogP contribution in [0.5, 0.6) is 11.5 Å². The molecule has 2 aromatic carbocycles. The molecule has 2 amide bonds. The van der Waals surface area contributed by atoms with E-state index in [-0.39, 0.29) is 22.9 Å². The summed E-state index contributed by atoms with van der Waals surface area (Å²) in [5.74, 6) is -0.942. The van der Waals surface area contributed by atoms with Crippen molar-refractivity contribution < 1.29 is 19.4 Å². The fourth-order valence-electron chi connectivity index (χ4n) is 2.45. The monoisotopic (exact) mass is 403 g/mol. The van der Waals surface area contributed by atoms with Crippen molar-refractivity contribution in [1.29, 1.82) is 0 Å². The normalized spacial score (nSPS) is 10.7. The van der Waals surface area contributed by atoms with Crippen LogP contribution < -0.4 is 15.5 Å². The molecule has 148 valence electrons. The van der Waals surface area contributed by atoms with Gasteiger partial charge < -0.3 is 15.2 Å². The van der Waals surface area contributed by atoms with E-state index in [0.29, 0.717) is 17.9 Å². The van der Waals surface area contributed by atoms with E-state index in [1.807, 2.05) is 26.0 Å². The third kappa shape index (κ3) is 5.99. The van der Waals surface area contributed by atoms with Gasteiger partial charge in [0.2, 0.25) is 11.8 Å². The molecule has 0 aliphatic carbocycles. The molecule has 0 bridgehead atoms. The Morgan fingerprint density at radius 3 is 2.64 bits per heavy atom. The molecule has 0 aromatic heterocycles. The van der Waals surface area contributed by atoms with Crippen molar-refractivity contribution in [3.8, 4) is 11.5 Å². The lowest BCUT2D eigenvalue weighted by atomic mass is 10.1. The fourth-order valence-corrected chi connectivity index (χ4v) is 2.67. The van der Waals surface area contributed by atoms with Crippen molar-refractivity contribution in [1.82, 2.24) is 5.43 Å². The molecule has 0 aliphatic rings. The number of carbonyl (C=O) groups excluding carboxylic acids is 2. The molecule has 2 rings (SSSR count). The van der Waals surface area contributed by atoms with Gasteiger partial charge in [-0.2, -0.15) is 5.10 Å². The summed E-state index contributed by atoms with van der Waals surface area (Å²) < 4.78 is 5.28. The van der Waals surface area contributed by atoms with Gasteiger partial charge >= 0.3 is 0 Å². The van der Waals surface area contributed by atoms with Crippen molar-refractivity contribution in [3.63, 3.8) is 0 Å². The predicted octanol–water partition coefficient (Wildman–Crippen LogP) is 3.54. The van der Waals surface area contributed by atoms with Crippen molar-refractivity contribution >= 4 is 35.3 Å². The van der Waals surface area contributed by atoms with Gasteiger partial charge in [-0.05, 0) is 50.1 Å². The van der Waals surface area contributed by atoms with Crippen LogP contribution >= 0.6 is 11.6 Å². The molecule has 0 radical (unpaired) electrons. The Bertz CT molecular complexity index is 913. The van der Waals surface area contributed by atoms with Crippen LogP contribution in [0.2, 0.25) is 5.02 Å². The number of aryl methyl sites for hydroxylation is 2. The molecule has 0 saturated heterocycles. The first-order valence-electron chi connectivity index (χ1n) is 8.64. The molecule has 0 unspecified atom stereocenters. The minimum absolute atomic E-state index is 0.103. The van der Waals surface area contributed by atoms with E-state index in [1.165, 1.54) is 18.3 Å². The molecule has 28 heavy (non-hydrogen) atoms. The van der Waals surface area contributed by atoms with E-state index in [9.17, 15) is 14.7 Å². The first-order valence-corrected chi connectivity index (χ1v) is 9.02. The van der Waals surface area contributed by atoms with Gasteiger partial charge in [-0.15, -0.1) is 0 Å². The first kappa shape index (κ1) is 21.2. The molecule has 0 fully saturated rings. The highest BCUT2D eigenvalue weighted by Gasteiger charge is 2.11. The van der Waals surface area contributed by atoms with Gasteiger partial charge in [0.05, 0.1) is 17.8 Å². The van der Waals surface area contributed by atoms with E-state index in [2.05, 4.69) is 15.8 Å². The summed E-state index contributed by atoms with van der Waals surface area (Å²) in [7, 11) is 0. The maximum absolute atomic E-state index is 12.0. The van der Waals surface area contributed by atoms with E-state index >= 15 is 0 Å². The van der Waals surface area contributed by atoms with Crippen LogP contribution in [0.3, 0.4) is 0 Å². The van der Waals surface area contributed by atoms with Gasteiger partial charge in [0.15, 0.2) is 11.5 Å². The Morgan fingerprint density at radius 2 is 1.96 bits per heavy atom. The van der Waals surface area contributed by atoms with Crippen LogP contribution in [0.1, 0.15) is 30.0 Å². The van der Waals surface area contributed by atoms with Crippen LogP contribution in [0.4, 0.5) is 5.69 Å². The zero-order valence-electron chi connectivity index (χ0n) is 15.9. The number of ether oxygens (including phenoxy) is 1. The molecule has 0 saturated carbocycles. The average molecular weight is 404 g/mol. The van der Waals surface area contributed by atoms with Gasteiger partial charge in [-0.3, -0.25) is 9.59 Å². The molecule has 2 aromatic rings. The van der Waals surface area contributed by atoms with Crippen LogP contribution in [0.15, 0.2) is 35.4 Å². The number of phenols is 1. The maximum Gasteiger partial charge on any atom is 0.249 e. The number of nitrogens with one attached hydrogen (secondary N) is 2. The number of rotatable bonds is 7. The van der Waals surface area contributed by atoms with E-state index < -0.39 is 11.8 Å². The highest BCUT2D eigenvalue weighted by molar-refractivity contribution is 6.32. The van der Waals surface area contributed by atoms with Crippen molar-refractivity contribution in [2.75, 3.05) is 11.9 Å². The molecular weight excluding hydrogens is 382 g/mol. The molecule has 0 atom stereocenters. The SMILES string of the molecule is CCOc1cc(/C=N/NC(=O)CC(=O)Nc2ccc(C)cc2C)cc(Cl)c1O. The lowest BCUT2D eigenvalue weighted by Gasteiger charge is -2.09. The number of hydrogen-bond donors (Lipinski definition) is 3. The number of benzene rings is 2. The van der Waals surface area contributed by atoms with Gasteiger partial charge in [-0.25, -0.2) is 5.43 Å². The summed E-state index contributed by atoms with van der Waals surface area (Å²) in [4.78, 5) is 23.9. The minimum atomic E-state index is -0.562. The van der Waals surface area contributed by atoms with Crippen molar-refractivity contribution in [3.05, 3.63) is 52.0 Å². The number of hydrazone groups is 1. The zero-order chi connectivity index (χ0) is 20.7. The third-order valence-electron chi connectivity index (χ3n) is 3.73. The Hall–Kier alpha value is -3.06. The molecule has 3 N–H and O–H groups in total. The molecule has 0 aliphatic heterocycles. The van der Waals surface area contributed by atoms with Gasteiger partial charge in [0.25, 0.3) is 0 Å². The van der Waals surface area contributed by atoms with Gasteiger partial charge in [-0.1, -0.05) is 29.3 Å². The molecular formula is C20H22ClN3O4. The number of halogens is 1. The first-order chi connectivity index (χ1) is 13.3. The Balaban J connectivity index is 1.92. The maximum atomic E-state index is 12.0. The van der Waals surface area contributed by atoms with Crippen LogP contribution in [0, 0.1) is 13.8 Å². The molecule has 8 heteroatoms.